The van der Waals surface area contributed by atoms with E-state index in [1.54, 1.807) is 0 Å². The molecule has 13 heavy (non-hydrogen) atoms. The largest absolute Gasteiger partial charge is 0.197 e. The van der Waals surface area contributed by atoms with Crippen molar-refractivity contribution in [1.82, 2.24) is 0 Å². The summed E-state index contributed by atoms with van der Waals surface area (Å²) in [5.41, 5.74) is 3.74. The molecule has 0 bridgehead atoms. The van der Waals surface area contributed by atoms with E-state index < -0.39 is 0 Å². The van der Waals surface area contributed by atoms with Gasteiger partial charge in [-0.05, 0) is 25.8 Å². The summed E-state index contributed by atoms with van der Waals surface area (Å²) < 4.78 is 0. The predicted octanol–water partition coefficient (Wildman–Crippen LogP) is 3.13. The molecule has 1 aromatic carbocycles. The lowest BCUT2D eigenvalue weighted by Crippen LogP contribution is -1.99. The Labute approximate surface area is 87.5 Å². The summed E-state index contributed by atoms with van der Waals surface area (Å²) in [5, 5.41) is 8.64. The van der Waals surface area contributed by atoms with Crippen LogP contribution in [0, 0.1) is 25.2 Å². The maximum atomic E-state index is 8.64. The SMILES string of the molecule is Cc1cc(C)cc(CC(Br)C#N)c1. The van der Waals surface area contributed by atoms with Gasteiger partial charge in [-0.2, -0.15) is 5.26 Å². The van der Waals surface area contributed by atoms with Crippen molar-refractivity contribution < 1.29 is 0 Å². The molecule has 0 aromatic heterocycles. The third kappa shape index (κ3) is 3.20. The van der Waals surface area contributed by atoms with E-state index in [1.165, 1.54) is 16.7 Å². The van der Waals surface area contributed by atoms with E-state index in [4.69, 9.17) is 5.26 Å². The molecule has 0 saturated carbocycles. The first-order valence-corrected chi connectivity index (χ1v) is 5.14. The highest BCUT2D eigenvalue weighted by Crippen LogP contribution is 2.13. The van der Waals surface area contributed by atoms with E-state index in [-0.39, 0.29) is 4.83 Å². The lowest BCUT2D eigenvalue weighted by molar-refractivity contribution is 1.04. The normalized spacial score (nSPS) is 12.2. The third-order valence-electron chi connectivity index (χ3n) is 1.84. The Morgan fingerprint density at radius 2 is 1.85 bits per heavy atom. The van der Waals surface area contributed by atoms with Gasteiger partial charge >= 0.3 is 0 Å². The topological polar surface area (TPSA) is 23.8 Å². The molecule has 0 amide bonds. The predicted molar refractivity (Wildman–Crippen MR) is 57.9 cm³/mol. The van der Waals surface area contributed by atoms with E-state index in [9.17, 15) is 0 Å². The Kier molecular flexibility index (Phi) is 3.50. The van der Waals surface area contributed by atoms with E-state index in [0.717, 1.165) is 6.42 Å². The summed E-state index contributed by atoms with van der Waals surface area (Å²) in [7, 11) is 0. The number of aryl methyl sites for hydroxylation is 2. The van der Waals surface area contributed by atoms with Gasteiger partial charge < -0.3 is 0 Å². The fraction of sp³-hybridized carbons (Fsp3) is 0.364. The molecule has 2 heteroatoms. The molecule has 1 aromatic rings. The maximum absolute atomic E-state index is 8.64. The zero-order valence-corrected chi connectivity index (χ0v) is 9.43. The summed E-state index contributed by atoms with van der Waals surface area (Å²) in [6.07, 6.45) is 0.777. The number of benzene rings is 1. The van der Waals surface area contributed by atoms with Crippen molar-refractivity contribution in [2.24, 2.45) is 0 Å². The number of halogens is 1. The minimum absolute atomic E-state index is 0.0753. The maximum Gasteiger partial charge on any atom is 0.105 e. The quantitative estimate of drug-likeness (QED) is 0.726. The fourth-order valence-corrected chi connectivity index (χ4v) is 1.81. The fourth-order valence-electron chi connectivity index (χ4n) is 1.44. The average Bonchev–Trinajstić information content (AvgIpc) is 2.02. The standard InChI is InChI=1S/C11H12BrN/c1-8-3-9(2)5-10(4-8)6-11(12)7-13/h3-5,11H,6H2,1-2H3. The van der Waals surface area contributed by atoms with Crippen LogP contribution in [0.2, 0.25) is 0 Å². The van der Waals surface area contributed by atoms with E-state index in [0.29, 0.717) is 0 Å². The Hall–Kier alpha value is -0.810. The van der Waals surface area contributed by atoms with Crippen LogP contribution in [0.4, 0.5) is 0 Å². The summed E-state index contributed by atoms with van der Waals surface area (Å²) in [6.45, 7) is 4.15. The Bertz CT molecular complexity index is 318. The second kappa shape index (κ2) is 4.43. The average molecular weight is 238 g/mol. The van der Waals surface area contributed by atoms with Crippen LogP contribution >= 0.6 is 15.9 Å². The number of nitrogens with zero attached hydrogens (tertiary/aromatic N) is 1. The zero-order valence-electron chi connectivity index (χ0n) is 7.84. The molecular formula is C11H12BrN. The third-order valence-corrected chi connectivity index (χ3v) is 2.36. The number of hydrogen-bond acceptors (Lipinski definition) is 1. The van der Waals surface area contributed by atoms with Crippen molar-refractivity contribution in [1.29, 1.82) is 5.26 Å². The first kappa shape index (κ1) is 10.3. The van der Waals surface area contributed by atoms with Crippen LogP contribution in [0.3, 0.4) is 0 Å². The Morgan fingerprint density at radius 1 is 1.31 bits per heavy atom. The molecule has 0 aliphatic heterocycles. The number of rotatable bonds is 2. The molecule has 0 heterocycles. The van der Waals surface area contributed by atoms with Crippen LogP contribution in [0.1, 0.15) is 16.7 Å². The van der Waals surface area contributed by atoms with Crippen LogP contribution in [0.5, 0.6) is 0 Å². The van der Waals surface area contributed by atoms with Gasteiger partial charge in [-0.25, -0.2) is 0 Å². The van der Waals surface area contributed by atoms with E-state index in [2.05, 4.69) is 54.0 Å². The van der Waals surface area contributed by atoms with Crippen molar-refractivity contribution in [2.75, 3.05) is 0 Å². The molecular weight excluding hydrogens is 226 g/mol. The lowest BCUT2D eigenvalue weighted by atomic mass is 10.0. The van der Waals surface area contributed by atoms with Crippen molar-refractivity contribution in [3.05, 3.63) is 34.9 Å². The second-order valence-corrected chi connectivity index (χ2v) is 4.40. The van der Waals surface area contributed by atoms with Crippen molar-refractivity contribution >= 4 is 15.9 Å². The summed E-state index contributed by atoms with van der Waals surface area (Å²) >= 11 is 3.30. The van der Waals surface area contributed by atoms with Crippen LogP contribution in [-0.2, 0) is 6.42 Å². The van der Waals surface area contributed by atoms with Crippen LogP contribution in [0.15, 0.2) is 18.2 Å². The molecule has 1 nitrogen and oxygen atoms in total. The minimum atomic E-state index is -0.0753. The van der Waals surface area contributed by atoms with E-state index in [1.807, 2.05) is 0 Å². The minimum Gasteiger partial charge on any atom is -0.197 e. The number of nitriles is 1. The van der Waals surface area contributed by atoms with Crippen molar-refractivity contribution in [3.63, 3.8) is 0 Å². The Morgan fingerprint density at radius 3 is 2.31 bits per heavy atom. The van der Waals surface area contributed by atoms with Gasteiger partial charge in [0.2, 0.25) is 0 Å². The van der Waals surface area contributed by atoms with Gasteiger partial charge in [0.25, 0.3) is 0 Å². The molecule has 0 saturated heterocycles. The Balaban J connectivity index is 2.84. The molecule has 0 spiro atoms. The van der Waals surface area contributed by atoms with Gasteiger partial charge in [0, 0.05) is 0 Å². The van der Waals surface area contributed by atoms with Crippen molar-refractivity contribution in [3.8, 4) is 6.07 Å². The number of alkyl halides is 1. The van der Waals surface area contributed by atoms with Gasteiger partial charge in [-0.3, -0.25) is 0 Å². The smallest absolute Gasteiger partial charge is 0.105 e. The molecule has 1 atom stereocenters. The summed E-state index contributed by atoms with van der Waals surface area (Å²) in [5.74, 6) is 0. The van der Waals surface area contributed by atoms with Crippen LogP contribution in [-0.4, -0.2) is 4.83 Å². The van der Waals surface area contributed by atoms with Gasteiger partial charge in [-0.15, -0.1) is 0 Å². The lowest BCUT2D eigenvalue weighted by Gasteiger charge is -2.04. The van der Waals surface area contributed by atoms with Crippen LogP contribution < -0.4 is 0 Å². The molecule has 0 N–H and O–H groups in total. The molecule has 1 rings (SSSR count). The molecule has 0 aliphatic carbocycles. The molecule has 1 unspecified atom stereocenters. The van der Waals surface area contributed by atoms with Gasteiger partial charge in [0.1, 0.15) is 4.83 Å². The summed E-state index contributed by atoms with van der Waals surface area (Å²) in [4.78, 5) is -0.0753. The molecule has 0 aliphatic rings. The van der Waals surface area contributed by atoms with Crippen LogP contribution in [0.25, 0.3) is 0 Å². The zero-order chi connectivity index (χ0) is 9.84. The molecule has 0 radical (unpaired) electrons. The summed E-state index contributed by atoms with van der Waals surface area (Å²) in [6, 6.07) is 8.55. The highest BCUT2D eigenvalue weighted by atomic mass is 79.9. The van der Waals surface area contributed by atoms with E-state index >= 15 is 0 Å². The monoisotopic (exact) mass is 237 g/mol. The number of hydrogen-bond donors (Lipinski definition) is 0. The second-order valence-electron chi connectivity index (χ2n) is 3.30. The van der Waals surface area contributed by atoms with Crippen molar-refractivity contribution in [2.45, 2.75) is 25.1 Å². The first-order valence-electron chi connectivity index (χ1n) is 4.22. The van der Waals surface area contributed by atoms with Gasteiger partial charge in [0.05, 0.1) is 6.07 Å². The van der Waals surface area contributed by atoms with Gasteiger partial charge in [0.15, 0.2) is 0 Å². The highest BCUT2D eigenvalue weighted by molar-refractivity contribution is 9.09. The first-order chi connectivity index (χ1) is 6.11. The van der Waals surface area contributed by atoms with Gasteiger partial charge in [-0.1, -0.05) is 45.3 Å². The highest BCUT2D eigenvalue weighted by Gasteiger charge is 2.03. The molecule has 0 fully saturated rings. The molecule has 68 valence electrons.